The maximum absolute atomic E-state index is 13.0. The van der Waals surface area contributed by atoms with Crippen molar-refractivity contribution in [1.29, 1.82) is 0 Å². The number of ether oxygens (including phenoxy) is 1. The topological polar surface area (TPSA) is 79.9 Å². The van der Waals surface area contributed by atoms with Gasteiger partial charge in [-0.05, 0) is 37.0 Å². The minimum Gasteiger partial charge on any atom is -0.372 e. The molecule has 4 aromatic rings. The molecule has 156 valence electrons. The number of hydrogen-bond donors (Lipinski definition) is 2. The Morgan fingerprint density at radius 2 is 1.97 bits per heavy atom. The third kappa shape index (κ3) is 3.94. The molecule has 0 radical (unpaired) electrons. The number of carbonyl (C=O) groups excluding carboxylic acids is 1. The lowest BCUT2D eigenvalue weighted by Gasteiger charge is -2.15. The quantitative estimate of drug-likeness (QED) is 0.485. The third-order valence-corrected chi connectivity index (χ3v) is 5.81. The summed E-state index contributed by atoms with van der Waals surface area (Å²) in [5, 5.41) is 11.2. The van der Waals surface area contributed by atoms with Crippen LogP contribution in [0.5, 0.6) is 0 Å². The largest absolute Gasteiger partial charge is 0.372 e. The molecule has 31 heavy (non-hydrogen) atoms. The molecule has 0 aliphatic carbocycles. The molecule has 3 heterocycles. The molecule has 2 aromatic heterocycles. The van der Waals surface area contributed by atoms with E-state index < -0.39 is 0 Å². The first-order chi connectivity index (χ1) is 15.2. The average molecular weight is 412 g/mol. The maximum Gasteiger partial charge on any atom is 0.230 e. The molecular formula is C25H24N4O2. The summed E-state index contributed by atoms with van der Waals surface area (Å²) in [6, 6.07) is 19.9. The van der Waals surface area contributed by atoms with Gasteiger partial charge in [-0.15, -0.1) is 0 Å². The molecule has 0 saturated carbocycles. The first kappa shape index (κ1) is 19.5. The van der Waals surface area contributed by atoms with E-state index in [0.717, 1.165) is 58.4 Å². The van der Waals surface area contributed by atoms with Crippen LogP contribution in [0, 0.1) is 6.92 Å². The maximum atomic E-state index is 13.0. The van der Waals surface area contributed by atoms with E-state index in [9.17, 15) is 4.79 Å². The summed E-state index contributed by atoms with van der Waals surface area (Å²) in [7, 11) is 0. The summed E-state index contributed by atoms with van der Waals surface area (Å²) >= 11 is 0. The van der Waals surface area contributed by atoms with E-state index in [1.807, 2.05) is 54.6 Å². The molecule has 6 nitrogen and oxygen atoms in total. The van der Waals surface area contributed by atoms with Gasteiger partial charge in [0.1, 0.15) is 0 Å². The van der Waals surface area contributed by atoms with Crippen molar-refractivity contribution < 1.29 is 9.53 Å². The first-order valence-corrected chi connectivity index (χ1v) is 10.6. The van der Waals surface area contributed by atoms with Crippen LogP contribution in [0.3, 0.4) is 0 Å². The molecule has 6 heteroatoms. The van der Waals surface area contributed by atoms with Crippen LogP contribution in [0.1, 0.15) is 35.8 Å². The number of H-pyrrole nitrogens is 1. The van der Waals surface area contributed by atoms with E-state index in [0.29, 0.717) is 5.82 Å². The summed E-state index contributed by atoms with van der Waals surface area (Å²) in [6.45, 7) is 2.82. The SMILES string of the molecule is Cc1c(CC(=O)Nc2cc(C3CCCO3)[nH]n2)c(-c2ccccc2)nc2ccccc12. The van der Waals surface area contributed by atoms with E-state index in [2.05, 4.69) is 28.5 Å². The fraction of sp³-hybridized carbons (Fsp3) is 0.240. The lowest BCUT2D eigenvalue weighted by atomic mass is 9.95. The Bertz CT molecular complexity index is 1230. The molecule has 1 saturated heterocycles. The molecule has 1 unspecified atom stereocenters. The Kier molecular flexibility index (Phi) is 5.22. The number of nitrogens with one attached hydrogen (secondary N) is 2. The first-order valence-electron chi connectivity index (χ1n) is 10.6. The molecule has 1 atom stereocenters. The Morgan fingerprint density at radius 3 is 2.77 bits per heavy atom. The third-order valence-electron chi connectivity index (χ3n) is 5.81. The standard InChI is InChI=1S/C25H24N4O2/c1-16-18-10-5-6-11-20(18)26-25(17-8-3-2-4-9-17)19(16)14-24(30)27-23-15-21(28-29-23)22-12-7-13-31-22/h2-6,8-11,15,22H,7,12-14H2,1H3,(H2,27,28,29,30). The van der Waals surface area contributed by atoms with Crippen LogP contribution in [0.15, 0.2) is 60.7 Å². The summed E-state index contributed by atoms with van der Waals surface area (Å²) in [5.74, 6) is 0.394. The van der Waals surface area contributed by atoms with Crippen molar-refractivity contribution in [3.8, 4) is 11.3 Å². The minimum atomic E-state index is -0.122. The highest BCUT2D eigenvalue weighted by atomic mass is 16.5. The van der Waals surface area contributed by atoms with Gasteiger partial charge >= 0.3 is 0 Å². The lowest BCUT2D eigenvalue weighted by Crippen LogP contribution is -2.16. The van der Waals surface area contributed by atoms with Gasteiger partial charge < -0.3 is 10.1 Å². The monoisotopic (exact) mass is 412 g/mol. The molecule has 0 bridgehead atoms. The number of carbonyl (C=O) groups is 1. The zero-order valence-electron chi connectivity index (χ0n) is 17.4. The number of fused-ring (bicyclic) bond motifs is 1. The van der Waals surface area contributed by atoms with Crippen LogP contribution in [0.4, 0.5) is 5.82 Å². The number of para-hydroxylation sites is 1. The van der Waals surface area contributed by atoms with Crippen molar-refractivity contribution in [2.75, 3.05) is 11.9 Å². The highest BCUT2D eigenvalue weighted by Crippen LogP contribution is 2.31. The van der Waals surface area contributed by atoms with Crippen LogP contribution >= 0.6 is 0 Å². The van der Waals surface area contributed by atoms with E-state index in [1.165, 1.54) is 0 Å². The van der Waals surface area contributed by atoms with Crippen LogP contribution in [0.25, 0.3) is 22.2 Å². The van der Waals surface area contributed by atoms with Gasteiger partial charge in [-0.2, -0.15) is 5.10 Å². The smallest absolute Gasteiger partial charge is 0.230 e. The number of aromatic nitrogens is 3. The van der Waals surface area contributed by atoms with Crippen molar-refractivity contribution >= 4 is 22.6 Å². The predicted molar refractivity (Wildman–Crippen MR) is 121 cm³/mol. The molecule has 1 aliphatic rings. The van der Waals surface area contributed by atoms with Gasteiger partial charge in [0.05, 0.1) is 29.4 Å². The number of rotatable bonds is 5. The van der Waals surface area contributed by atoms with Gasteiger partial charge in [0, 0.05) is 23.6 Å². The number of aromatic amines is 1. The highest BCUT2D eigenvalue weighted by molar-refractivity contribution is 5.95. The van der Waals surface area contributed by atoms with Gasteiger partial charge in [-0.25, -0.2) is 4.98 Å². The van der Waals surface area contributed by atoms with Crippen LogP contribution in [0.2, 0.25) is 0 Å². The summed E-state index contributed by atoms with van der Waals surface area (Å²) in [5.41, 5.74) is 5.67. The average Bonchev–Trinajstić information content (AvgIpc) is 3.48. The van der Waals surface area contributed by atoms with Gasteiger partial charge in [0.15, 0.2) is 5.82 Å². The Labute approximate surface area is 180 Å². The van der Waals surface area contributed by atoms with Crippen molar-refractivity contribution in [3.05, 3.63) is 77.5 Å². The highest BCUT2D eigenvalue weighted by Gasteiger charge is 2.21. The summed E-state index contributed by atoms with van der Waals surface area (Å²) < 4.78 is 5.68. The molecule has 1 amide bonds. The van der Waals surface area contributed by atoms with Crippen molar-refractivity contribution in [3.63, 3.8) is 0 Å². The lowest BCUT2D eigenvalue weighted by molar-refractivity contribution is -0.115. The Morgan fingerprint density at radius 1 is 1.16 bits per heavy atom. The molecule has 2 aromatic carbocycles. The predicted octanol–water partition coefficient (Wildman–Crippen LogP) is 4.97. The zero-order chi connectivity index (χ0) is 21.2. The normalized spacial score (nSPS) is 16.0. The van der Waals surface area contributed by atoms with E-state index in [4.69, 9.17) is 9.72 Å². The number of amides is 1. The van der Waals surface area contributed by atoms with E-state index >= 15 is 0 Å². The van der Waals surface area contributed by atoms with Crippen LogP contribution < -0.4 is 5.32 Å². The molecule has 0 spiro atoms. The second-order valence-electron chi connectivity index (χ2n) is 7.88. The van der Waals surface area contributed by atoms with E-state index in [-0.39, 0.29) is 18.4 Å². The number of benzene rings is 2. The number of aryl methyl sites for hydroxylation is 1. The Balaban J connectivity index is 1.45. The molecule has 1 fully saturated rings. The van der Waals surface area contributed by atoms with Crippen molar-refractivity contribution in [1.82, 2.24) is 15.2 Å². The van der Waals surface area contributed by atoms with Gasteiger partial charge in [-0.3, -0.25) is 9.89 Å². The van der Waals surface area contributed by atoms with Gasteiger partial charge in [0.25, 0.3) is 0 Å². The second-order valence-corrected chi connectivity index (χ2v) is 7.88. The molecule has 5 rings (SSSR count). The zero-order valence-corrected chi connectivity index (χ0v) is 17.4. The Hall–Kier alpha value is -3.51. The second kappa shape index (κ2) is 8.32. The fourth-order valence-corrected chi connectivity index (χ4v) is 4.20. The summed E-state index contributed by atoms with van der Waals surface area (Å²) in [4.78, 5) is 17.9. The van der Waals surface area contributed by atoms with Crippen molar-refractivity contribution in [2.45, 2.75) is 32.3 Å². The number of pyridine rings is 1. The minimum absolute atomic E-state index is 0.0368. The molecular weight excluding hydrogens is 388 g/mol. The molecule has 2 N–H and O–H groups in total. The van der Waals surface area contributed by atoms with Crippen LogP contribution in [-0.2, 0) is 16.0 Å². The number of hydrogen-bond acceptors (Lipinski definition) is 4. The van der Waals surface area contributed by atoms with Crippen LogP contribution in [-0.4, -0.2) is 27.7 Å². The number of anilines is 1. The fourth-order valence-electron chi connectivity index (χ4n) is 4.20. The van der Waals surface area contributed by atoms with Crippen molar-refractivity contribution in [2.24, 2.45) is 0 Å². The van der Waals surface area contributed by atoms with Gasteiger partial charge in [0.2, 0.25) is 5.91 Å². The van der Waals surface area contributed by atoms with Gasteiger partial charge in [-0.1, -0.05) is 48.5 Å². The summed E-state index contributed by atoms with van der Waals surface area (Å²) in [6.07, 6.45) is 2.27. The molecule has 1 aliphatic heterocycles. The van der Waals surface area contributed by atoms with E-state index in [1.54, 1.807) is 0 Å². The number of nitrogens with zero attached hydrogens (tertiary/aromatic N) is 2.